The molecule has 0 amide bonds. The van der Waals surface area contributed by atoms with E-state index in [1.54, 1.807) is 0 Å². The van der Waals surface area contributed by atoms with Crippen LogP contribution in [0, 0.1) is 6.92 Å². The third-order valence-electron chi connectivity index (χ3n) is 2.44. The van der Waals surface area contributed by atoms with Crippen molar-refractivity contribution in [2.75, 3.05) is 0 Å². The molecule has 2 aromatic heterocycles. The van der Waals surface area contributed by atoms with Crippen LogP contribution in [-0.2, 0) is 0 Å². The van der Waals surface area contributed by atoms with E-state index in [2.05, 4.69) is 15.2 Å². The highest BCUT2D eigenvalue weighted by Gasteiger charge is 2.13. The molecule has 0 saturated heterocycles. The molecule has 0 atom stereocenters. The average Bonchev–Trinajstić information content (AvgIpc) is 2.95. The van der Waals surface area contributed by atoms with Crippen LogP contribution >= 0.6 is 23.1 Å². The Morgan fingerprint density at radius 3 is 2.89 bits per heavy atom. The molecule has 1 N–H and O–H groups in total. The molecule has 1 aromatic carbocycles. The summed E-state index contributed by atoms with van der Waals surface area (Å²) in [6, 6.07) is 9.67. The molecular weight excluding hydrogens is 266 g/mol. The van der Waals surface area contributed by atoms with Gasteiger partial charge in [0.2, 0.25) is 5.12 Å². The Morgan fingerprint density at radius 1 is 1.33 bits per heavy atom. The summed E-state index contributed by atoms with van der Waals surface area (Å²) >= 11 is 2.53. The van der Waals surface area contributed by atoms with Crippen LogP contribution in [0.15, 0.2) is 34.7 Å². The Kier molecular flexibility index (Phi) is 2.89. The van der Waals surface area contributed by atoms with Crippen molar-refractivity contribution in [1.29, 1.82) is 0 Å². The van der Waals surface area contributed by atoms with E-state index in [1.165, 1.54) is 11.3 Å². The number of H-pyrrole nitrogens is 1. The van der Waals surface area contributed by atoms with E-state index < -0.39 is 0 Å². The molecular formula is C12H9N3OS2. The second kappa shape index (κ2) is 4.55. The van der Waals surface area contributed by atoms with Crippen LogP contribution in [-0.4, -0.2) is 20.3 Å². The zero-order valence-electron chi connectivity index (χ0n) is 9.51. The molecule has 3 aromatic rings. The van der Waals surface area contributed by atoms with Crippen molar-refractivity contribution >= 4 is 39.1 Å². The summed E-state index contributed by atoms with van der Waals surface area (Å²) in [4.78, 5) is 15.2. The van der Waals surface area contributed by atoms with Crippen LogP contribution in [0.2, 0.25) is 0 Å². The first-order valence-corrected chi connectivity index (χ1v) is 6.96. The van der Waals surface area contributed by atoms with Crippen molar-refractivity contribution in [2.45, 2.75) is 11.3 Å². The molecule has 4 nitrogen and oxygen atoms in total. The second-order valence-corrected chi connectivity index (χ2v) is 6.15. The second-order valence-electron chi connectivity index (χ2n) is 3.75. The van der Waals surface area contributed by atoms with Gasteiger partial charge in [0.1, 0.15) is 5.01 Å². The molecule has 0 bridgehead atoms. The number of carbonyl (C=O) groups excluding carboxylic acids is 1. The predicted octanol–water partition coefficient (Wildman–Crippen LogP) is 3.26. The van der Waals surface area contributed by atoms with Gasteiger partial charge in [0.05, 0.1) is 5.69 Å². The van der Waals surface area contributed by atoms with Gasteiger partial charge in [-0.2, -0.15) is 0 Å². The van der Waals surface area contributed by atoms with Crippen LogP contribution in [0.5, 0.6) is 0 Å². The summed E-state index contributed by atoms with van der Waals surface area (Å²) in [6.07, 6.45) is 0. The lowest BCUT2D eigenvalue weighted by atomic mass is 10.2. The topological polar surface area (TPSA) is 58.6 Å². The average molecular weight is 275 g/mol. The third kappa shape index (κ3) is 2.16. The first-order chi connectivity index (χ1) is 8.72. The largest absolute Gasteiger partial charge is 0.351 e. The van der Waals surface area contributed by atoms with Crippen molar-refractivity contribution in [1.82, 2.24) is 15.2 Å². The highest BCUT2D eigenvalue weighted by Crippen LogP contribution is 2.26. The highest BCUT2D eigenvalue weighted by molar-refractivity contribution is 8.15. The lowest BCUT2D eigenvalue weighted by Crippen LogP contribution is -1.92. The van der Waals surface area contributed by atoms with E-state index >= 15 is 0 Å². The van der Waals surface area contributed by atoms with E-state index in [9.17, 15) is 4.79 Å². The molecule has 18 heavy (non-hydrogen) atoms. The molecule has 2 heterocycles. The highest BCUT2D eigenvalue weighted by atomic mass is 32.2. The minimum absolute atomic E-state index is 0.0395. The van der Waals surface area contributed by atoms with Crippen molar-refractivity contribution in [2.24, 2.45) is 0 Å². The van der Waals surface area contributed by atoms with E-state index in [0.717, 1.165) is 27.7 Å². The number of fused-ring (bicyclic) bond motifs is 1. The Bertz CT molecular complexity index is 684. The van der Waals surface area contributed by atoms with Crippen molar-refractivity contribution < 1.29 is 4.79 Å². The number of aromatic nitrogens is 3. The van der Waals surface area contributed by atoms with E-state index in [1.807, 2.05) is 37.3 Å². The summed E-state index contributed by atoms with van der Waals surface area (Å²) in [6.45, 7) is 1.87. The number of benzene rings is 1. The smallest absolute Gasteiger partial charge is 0.242 e. The fourth-order valence-electron chi connectivity index (χ4n) is 1.64. The van der Waals surface area contributed by atoms with Gasteiger partial charge in [0.15, 0.2) is 4.34 Å². The van der Waals surface area contributed by atoms with Gasteiger partial charge in [-0.05, 0) is 30.8 Å². The molecule has 0 radical (unpaired) electrons. The number of hydrogen-bond acceptors (Lipinski definition) is 5. The zero-order chi connectivity index (χ0) is 12.5. The quantitative estimate of drug-likeness (QED) is 0.729. The molecule has 0 aliphatic heterocycles. The van der Waals surface area contributed by atoms with Gasteiger partial charge in [-0.3, -0.25) is 4.79 Å². The molecule has 0 saturated carbocycles. The van der Waals surface area contributed by atoms with Gasteiger partial charge >= 0.3 is 0 Å². The third-order valence-corrected chi connectivity index (χ3v) is 4.23. The fraction of sp³-hybridized carbons (Fsp3) is 0.0833. The molecule has 0 spiro atoms. The Labute approximate surface area is 111 Å². The van der Waals surface area contributed by atoms with Gasteiger partial charge in [0, 0.05) is 10.9 Å². The van der Waals surface area contributed by atoms with Crippen molar-refractivity contribution in [3.63, 3.8) is 0 Å². The van der Waals surface area contributed by atoms with Crippen LogP contribution in [0.25, 0.3) is 10.9 Å². The molecule has 3 rings (SSSR count). The van der Waals surface area contributed by atoms with Crippen LogP contribution in [0.4, 0.5) is 0 Å². The van der Waals surface area contributed by atoms with Gasteiger partial charge in [-0.25, -0.2) is 0 Å². The number of aryl methyl sites for hydroxylation is 1. The van der Waals surface area contributed by atoms with Crippen LogP contribution in [0.3, 0.4) is 0 Å². The number of aromatic amines is 1. The number of nitrogens with one attached hydrogen (secondary N) is 1. The number of para-hydroxylation sites is 1. The number of hydrogen-bond donors (Lipinski definition) is 1. The lowest BCUT2D eigenvalue weighted by molar-refractivity contribution is 0.108. The standard InChI is InChI=1S/C12H9N3OS2/c1-7-14-15-12(17-7)18-11(16)10-6-8-4-2-3-5-9(8)13-10/h2-6,13H,1H3. The van der Waals surface area contributed by atoms with Crippen molar-refractivity contribution in [3.05, 3.63) is 41.0 Å². The SMILES string of the molecule is Cc1nnc(SC(=O)c2cc3ccccc3[nH]2)s1. The van der Waals surface area contributed by atoms with Gasteiger partial charge in [-0.15, -0.1) is 10.2 Å². The zero-order valence-corrected chi connectivity index (χ0v) is 11.1. The molecule has 0 fully saturated rings. The number of carbonyl (C=O) groups is 1. The molecule has 6 heteroatoms. The maximum atomic E-state index is 12.1. The fourth-order valence-corrected chi connectivity index (χ4v) is 3.27. The van der Waals surface area contributed by atoms with E-state index in [-0.39, 0.29) is 5.12 Å². The van der Waals surface area contributed by atoms with Crippen LogP contribution < -0.4 is 0 Å². The van der Waals surface area contributed by atoms with E-state index in [0.29, 0.717) is 10.0 Å². The summed E-state index contributed by atoms with van der Waals surface area (Å²) < 4.78 is 0.677. The first kappa shape index (κ1) is 11.4. The monoisotopic (exact) mass is 275 g/mol. The molecule has 0 aliphatic carbocycles. The van der Waals surface area contributed by atoms with Gasteiger partial charge in [-0.1, -0.05) is 29.5 Å². The minimum Gasteiger partial charge on any atom is -0.351 e. The van der Waals surface area contributed by atoms with E-state index in [4.69, 9.17) is 0 Å². The number of rotatable bonds is 2. The van der Waals surface area contributed by atoms with Gasteiger partial charge in [0.25, 0.3) is 0 Å². The predicted molar refractivity (Wildman–Crippen MR) is 73.1 cm³/mol. The lowest BCUT2D eigenvalue weighted by Gasteiger charge is -1.92. The molecule has 0 unspecified atom stereocenters. The number of thioether (sulfide) groups is 1. The van der Waals surface area contributed by atoms with Crippen molar-refractivity contribution in [3.8, 4) is 0 Å². The van der Waals surface area contributed by atoms with Crippen LogP contribution in [0.1, 0.15) is 15.5 Å². The first-order valence-electron chi connectivity index (χ1n) is 5.32. The molecule has 90 valence electrons. The minimum atomic E-state index is -0.0395. The van der Waals surface area contributed by atoms with Gasteiger partial charge < -0.3 is 4.98 Å². The summed E-state index contributed by atoms with van der Waals surface area (Å²) in [5.74, 6) is 0. The number of nitrogens with zero attached hydrogens (tertiary/aromatic N) is 2. The Hall–Kier alpha value is -1.66. The Balaban J connectivity index is 1.87. The Morgan fingerprint density at radius 2 is 2.17 bits per heavy atom. The summed E-state index contributed by atoms with van der Waals surface area (Å²) in [5, 5.41) is 9.68. The maximum Gasteiger partial charge on any atom is 0.242 e. The summed E-state index contributed by atoms with van der Waals surface area (Å²) in [5.41, 5.74) is 1.56. The maximum absolute atomic E-state index is 12.1. The normalized spacial score (nSPS) is 10.9. The molecule has 0 aliphatic rings. The summed E-state index contributed by atoms with van der Waals surface area (Å²) in [7, 11) is 0.